The average Bonchev–Trinajstić information content (AvgIpc) is 2.23. The Morgan fingerprint density at radius 3 is 1.73 bits per heavy atom. The molecule has 0 aliphatic carbocycles. The molecule has 0 saturated carbocycles. The Labute approximate surface area is 92.4 Å². The summed E-state index contributed by atoms with van der Waals surface area (Å²) in [6.07, 6.45) is 6.50. The van der Waals surface area contributed by atoms with Gasteiger partial charge in [0.15, 0.2) is 0 Å². The molecule has 0 amide bonds. The molecular weight excluding hydrogens is 186 g/mol. The van der Waals surface area contributed by atoms with Gasteiger partial charge < -0.3 is 0 Å². The normalized spacial score (nSPS) is 10.6. The highest BCUT2D eigenvalue weighted by Crippen LogP contribution is 2.03. The molecule has 0 bridgehead atoms. The molecule has 0 atom stereocenters. The smallest absolute Gasteiger partial charge is 0.133 e. The highest BCUT2D eigenvalue weighted by Gasteiger charge is 2.03. The first-order valence-corrected chi connectivity index (χ1v) is 5.82. The maximum Gasteiger partial charge on any atom is 0.133 e. The Kier molecular flexibility index (Phi) is 5.22. The Bertz CT molecular complexity index is 271. The summed E-state index contributed by atoms with van der Waals surface area (Å²) in [6, 6.07) is 0. The number of aromatic nitrogens is 3. The van der Waals surface area contributed by atoms with E-state index in [-0.39, 0.29) is 0 Å². The van der Waals surface area contributed by atoms with Gasteiger partial charge in [-0.05, 0) is 12.8 Å². The summed E-state index contributed by atoms with van der Waals surface area (Å²) in [6.45, 7) is 8.14. The largest absolute Gasteiger partial charge is 0.218 e. The number of hydrogen-bond acceptors (Lipinski definition) is 3. The van der Waals surface area contributed by atoms with Gasteiger partial charge in [-0.2, -0.15) is 0 Å². The standard InChI is InChI=1S/C12H20N3/c1-4-6-8-11-13-10(3)14-12(15-11)9-7-5-2/h3-9H2,1-2H3. The molecular formula is C12H20N3. The van der Waals surface area contributed by atoms with Crippen molar-refractivity contribution in [3.05, 3.63) is 24.4 Å². The Morgan fingerprint density at radius 2 is 1.33 bits per heavy atom. The van der Waals surface area contributed by atoms with Crippen LogP contribution in [-0.4, -0.2) is 15.0 Å². The van der Waals surface area contributed by atoms with E-state index in [1.807, 2.05) is 0 Å². The summed E-state index contributed by atoms with van der Waals surface area (Å²) in [5.41, 5.74) is 0. The zero-order valence-corrected chi connectivity index (χ0v) is 9.79. The summed E-state index contributed by atoms with van der Waals surface area (Å²) >= 11 is 0. The van der Waals surface area contributed by atoms with Crippen molar-refractivity contribution in [3.8, 4) is 0 Å². The average molecular weight is 206 g/mol. The minimum absolute atomic E-state index is 0.613. The van der Waals surface area contributed by atoms with Gasteiger partial charge in [-0.25, -0.2) is 15.0 Å². The second kappa shape index (κ2) is 6.49. The number of unbranched alkanes of at least 4 members (excludes halogenated alkanes) is 2. The fraction of sp³-hybridized carbons (Fsp3) is 0.667. The van der Waals surface area contributed by atoms with E-state index in [1.165, 1.54) is 12.8 Å². The van der Waals surface area contributed by atoms with Crippen LogP contribution in [0.3, 0.4) is 0 Å². The van der Waals surface area contributed by atoms with Crippen molar-refractivity contribution in [1.82, 2.24) is 15.0 Å². The quantitative estimate of drug-likeness (QED) is 0.718. The van der Waals surface area contributed by atoms with E-state index in [9.17, 15) is 0 Å². The Hall–Kier alpha value is -0.990. The molecule has 1 radical (unpaired) electrons. The minimum atomic E-state index is 0.613. The molecule has 0 aliphatic heterocycles. The fourth-order valence-electron chi connectivity index (χ4n) is 1.42. The van der Waals surface area contributed by atoms with Gasteiger partial charge in [-0.3, -0.25) is 0 Å². The van der Waals surface area contributed by atoms with Crippen molar-refractivity contribution in [2.45, 2.75) is 52.4 Å². The van der Waals surface area contributed by atoms with Crippen LogP contribution in [0, 0.1) is 6.92 Å². The molecule has 83 valence electrons. The highest BCUT2D eigenvalue weighted by molar-refractivity contribution is 5.00. The Morgan fingerprint density at radius 1 is 0.867 bits per heavy atom. The van der Waals surface area contributed by atoms with E-state index in [2.05, 4.69) is 35.7 Å². The number of rotatable bonds is 6. The van der Waals surface area contributed by atoms with Crippen molar-refractivity contribution in [2.24, 2.45) is 0 Å². The molecule has 1 rings (SSSR count). The molecule has 15 heavy (non-hydrogen) atoms. The summed E-state index contributed by atoms with van der Waals surface area (Å²) in [5.74, 6) is 2.42. The second-order valence-corrected chi connectivity index (χ2v) is 3.79. The van der Waals surface area contributed by atoms with Crippen LogP contribution < -0.4 is 0 Å². The van der Waals surface area contributed by atoms with E-state index >= 15 is 0 Å². The van der Waals surface area contributed by atoms with Crippen molar-refractivity contribution in [1.29, 1.82) is 0 Å². The van der Waals surface area contributed by atoms with Crippen LogP contribution in [0.1, 0.15) is 57.0 Å². The van der Waals surface area contributed by atoms with E-state index in [4.69, 9.17) is 0 Å². The number of nitrogens with zero attached hydrogens (tertiary/aromatic N) is 3. The van der Waals surface area contributed by atoms with Gasteiger partial charge in [0, 0.05) is 19.8 Å². The van der Waals surface area contributed by atoms with Gasteiger partial charge in [0.05, 0.1) is 0 Å². The predicted octanol–water partition coefficient (Wildman–Crippen LogP) is 2.74. The number of hydrogen-bond donors (Lipinski definition) is 0. The maximum atomic E-state index is 4.45. The topological polar surface area (TPSA) is 38.7 Å². The lowest BCUT2D eigenvalue weighted by Crippen LogP contribution is -2.05. The SMILES string of the molecule is [CH2]c1nc(CCCC)nc(CCCC)n1. The monoisotopic (exact) mass is 206 g/mol. The van der Waals surface area contributed by atoms with Gasteiger partial charge in [-0.15, -0.1) is 0 Å². The van der Waals surface area contributed by atoms with E-state index in [1.54, 1.807) is 0 Å². The van der Waals surface area contributed by atoms with E-state index < -0.39 is 0 Å². The van der Waals surface area contributed by atoms with Crippen LogP contribution in [0.25, 0.3) is 0 Å². The maximum absolute atomic E-state index is 4.45. The molecule has 0 unspecified atom stereocenters. The minimum Gasteiger partial charge on any atom is -0.218 e. The molecule has 0 aliphatic rings. The zero-order chi connectivity index (χ0) is 11.1. The fourth-order valence-corrected chi connectivity index (χ4v) is 1.42. The van der Waals surface area contributed by atoms with Gasteiger partial charge >= 0.3 is 0 Å². The van der Waals surface area contributed by atoms with Gasteiger partial charge in [-0.1, -0.05) is 26.7 Å². The molecule has 0 N–H and O–H groups in total. The first-order chi connectivity index (χ1) is 7.26. The lowest BCUT2D eigenvalue weighted by atomic mass is 10.2. The summed E-state index contributed by atoms with van der Waals surface area (Å²) in [7, 11) is 0. The first kappa shape index (κ1) is 12.1. The van der Waals surface area contributed by atoms with Crippen LogP contribution in [0.4, 0.5) is 0 Å². The summed E-state index contributed by atoms with van der Waals surface area (Å²) < 4.78 is 0. The molecule has 3 heteroatoms. The molecule has 0 spiro atoms. The van der Waals surface area contributed by atoms with Crippen LogP contribution in [0.15, 0.2) is 0 Å². The third kappa shape index (κ3) is 4.36. The van der Waals surface area contributed by atoms with Crippen LogP contribution in [0.2, 0.25) is 0 Å². The van der Waals surface area contributed by atoms with Crippen molar-refractivity contribution in [3.63, 3.8) is 0 Å². The molecule has 1 heterocycles. The van der Waals surface area contributed by atoms with Gasteiger partial charge in [0.2, 0.25) is 0 Å². The highest BCUT2D eigenvalue weighted by atomic mass is 15.0. The molecule has 0 aromatic carbocycles. The summed E-state index contributed by atoms with van der Waals surface area (Å²) in [5, 5.41) is 0. The third-order valence-corrected chi connectivity index (χ3v) is 2.28. The zero-order valence-electron chi connectivity index (χ0n) is 9.79. The molecule has 0 fully saturated rings. The van der Waals surface area contributed by atoms with E-state index in [0.717, 1.165) is 37.3 Å². The van der Waals surface area contributed by atoms with Crippen molar-refractivity contribution >= 4 is 0 Å². The lowest BCUT2D eigenvalue weighted by molar-refractivity contribution is 0.694. The van der Waals surface area contributed by atoms with Crippen LogP contribution in [-0.2, 0) is 12.8 Å². The second-order valence-electron chi connectivity index (χ2n) is 3.79. The first-order valence-electron chi connectivity index (χ1n) is 5.82. The van der Waals surface area contributed by atoms with Crippen LogP contribution >= 0.6 is 0 Å². The van der Waals surface area contributed by atoms with Crippen LogP contribution in [0.5, 0.6) is 0 Å². The van der Waals surface area contributed by atoms with Crippen molar-refractivity contribution < 1.29 is 0 Å². The van der Waals surface area contributed by atoms with Crippen molar-refractivity contribution in [2.75, 3.05) is 0 Å². The summed E-state index contributed by atoms with van der Waals surface area (Å²) in [4.78, 5) is 12.9. The van der Waals surface area contributed by atoms with Gasteiger partial charge in [0.1, 0.15) is 17.5 Å². The lowest BCUT2D eigenvalue weighted by Gasteiger charge is -2.03. The third-order valence-electron chi connectivity index (χ3n) is 2.28. The Balaban J connectivity index is 2.66. The number of aryl methyl sites for hydroxylation is 2. The molecule has 0 saturated heterocycles. The molecule has 1 aromatic heterocycles. The van der Waals surface area contributed by atoms with Gasteiger partial charge in [0.25, 0.3) is 0 Å². The molecule has 3 nitrogen and oxygen atoms in total. The molecule has 1 aromatic rings. The van der Waals surface area contributed by atoms with E-state index in [0.29, 0.717) is 5.82 Å². The predicted molar refractivity (Wildman–Crippen MR) is 61.5 cm³/mol.